The first kappa shape index (κ1) is 16.1. The van der Waals surface area contributed by atoms with Gasteiger partial charge < -0.3 is 14.4 Å². The second-order valence-electron chi connectivity index (χ2n) is 6.99. The average Bonchev–Trinajstić information content (AvgIpc) is 3.04. The minimum atomic E-state index is -0.142. The van der Waals surface area contributed by atoms with Crippen LogP contribution in [0.25, 0.3) is 0 Å². The zero-order chi connectivity index (χ0) is 17.4. The molecule has 1 saturated heterocycles. The first-order chi connectivity index (χ1) is 12.1. The van der Waals surface area contributed by atoms with Gasteiger partial charge in [-0.2, -0.15) is 0 Å². The number of aromatic amines is 1. The summed E-state index contributed by atoms with van der Waals surface area (Å²) < 4.78 is 5.39. The number of aromatic nitrogens is 3. The molecule has 0 radical (unpaired) electrons. The van der Waals surface area contributed by atoms with Crippen molar-refractivity contribution in [2.24, 2.45) is 0 Å². The first-order valence-electron chi connectivity index (χ1n) is 8.96. The molecule has 1 amide bonds. The highest BCUT2D eigenvalue weighted by molar-refractivity contribution is 5.94. The van der Waals surface area contributed by atoms with Crippen LogP contribution >= 0.6 is 0 Å². The molecule has 1 unspecified atom stereocenters. The molecule has 1 N–H and O–H groups in total. The van der Waals surface area contributed by atoms with E-state index in [0.717, 1.165) is 55.5 Å². The van der Waals surface area contributed by atoms with Crippen LogP contribution in [0.1, 0.15) is 64.9 Å². The minimum absolute atomic E-state index is 0.0573. The molecule has 25 heavy (non-hydrogen) atoms. The topological polar surface area (TPSA) is 92.1 Å². The number of carbonyl (C=O) groups excluding carboxylic acids is 1. The van der Waals surface area contributed by atoms with E-state index in [4.69, 9.17) is 4.52 Å². The van der Waals surface area contributed by atoms with Crippen LogP contribution in [-0.2, 0) is 12.8 Å². The number of aryl methyl sites for hydroxylation is 2. The van der Waals surface area contributed by atoms with Gasteiger partial charge in [-0.1, -0.05) is 5.16 Å². The van der Waals surface area contributed by atoms with E-state index in [1.807, 2.05) is 4.90 Å². The Morgan fingerprint density at radius 1 is 1.32 bits per heavy atom. The fourth-order valence-electron chi connectivity index (χ4n) is 3.92. The number of amides is 1. The summed E-state index contributed by atoms with van der Waals surface area (Å²) in [6.45, 7) is 3.05. The molecule has 0 aromatic carbocycles. The zero-order valence-corrected chi connectivity index (χ0v) is 14.4. The summed E-state index contributed by atoms with van der Waals surface area (Å²) in [4.78, 5) is 33.6. The molecule has 2 aliphatic rings. The van der Waals surface area contributed by atoms with Crippen LogP contribution in [0.5, 0.6) is 0 Å². The van der Waals surface area contributed by atoms with E-state index >= 15 is 0 Å². The number of hydrogen-bond donors (Lipinski definition) is 1. The fraction of sp³-hybridized carbons (Fsp3) is 0.556. The molecule has 7 heteroatoms. The monoisotopic (exact) mass is 342 g/mol. The van der Waals surface area contributed by atoms with Crippen molar-refractivity contribution in [3.8, 4) is 0 Å². The number of nitrogens with zero attached hydrogens (tertiary/aromatic N) is 3. The maximum Gasteiger partial charge on any atom is 0.276 e. The Labute approximate surface area is 145 Å². The van der Waals surface area contributed by atoms with Crippen LogP contribution in [0.2, 0.25) is 0 Å². The van der Waals surface area contributed by atoms with E-state index in [1.165, 1.54) is 0 Å². The molecule has 1 atom stereocenters. The lowest BCUT2D eigenvalue weighted by Gasteiger charge is -2.32. The van der Waals surface area contributed by atoms with Gasteiger partial charge in [0.1, 0.15) is 11.6 Å². The predicted molar refractivity (Wildman–Crippen MR) is 90.6 cm³/mol. The van der Waals surface area contributed by atoms with E-state index in [2.05, 4.69) is 15.1 Å². The SMILES string of the molecule is Cc1nc(C2CCCN(C(=O)c3noc4c3CCCC4)C2)cc(=O)[nH]1. The second-order valence-corrected chi connectivity index (χ2v) is 6.99. The van der Waals surface area contributed by atoms with Gasteiger partial charge in [0.15, 0.2) is 5.69 Å². The van der Waals surface area contributed by atoms with Crippen molar-refractivity contribution in [2.45, 2.75) is 51.4 Å². The smallest absolute Gasteiger partial charge is 0.276 e. The highest BCUT2D eigenvalue weighted by atomic mass is 16.5. The minimum Gasteiger partial charge on any atom is -0.360 e. The van der Waals surface area contributed by atoms with Crippen LogP contribution in [0.15, 0.2) is 15.4 Å². The van der Waals surface area contributed by atoms with Gasteiger partial charge in [0.2, 0.25) is 0 Å². The van der Waals surface area contributed by atoms with Crippen molar-refractivity contribution in [3.63, 3.8) is 0 Å². The molecule has 0 saturated carbocycles. The summed E-state index contributed by atoms with van der Waals surface area (Å²) in [6, 6.07) is 1.55. The molecule has 0 spiro atoms. The van der Waals surface area contributed by atoms with Crippen molar-refractivity contribution in [3.05, 3.63) is 45.0 Å². The van der Waals surface area contributed by atoms with Crippen LogP contribution < -0.4 is 5.56 Å². The number of nitrogens with one attached hydrogen (secondary N) is 1. The van der Waals surface area contributed by atoms with Gasteiger partial charge in [-0.25, -0.2) is 4.98 Å². The van der Waals surface area contributed by atoms with E-state index < -0.39 is 0 Å². The third kappa shape index (κ3) is 3.10. The Bertz CT molecular complexity index is 854. The Morgan fingerprint density at radius 2 is 2.16 bits per heavy atom. The fourth-order valence-corrected chi connectivity index (χ4v) is 3.92. The molecule has 132 valence electrons. The number of carbonyl (C=O) groups is 1. The van der Waals surface area contributed by atoms with Crippen LogP contribution in [-0.4, -0.2) is 39.0 Å². The van der Waals surface area contributed by atoms with Gasteiger partial charge in [0, 0.05) is 37.1 Å². The standard InChI is InChI=1S/C18H22N4O3/c1-11-19-14(9-16(23)20-11)12-5-4-8-22(10-12)18(24)17-13-6-2-3-7-15(13)25-21-17/h9,12H,2-8,10H2,1H3,(H,19,20,23). The second kappa shape index (κ2) is 6.46. The van der Waals surface area contributed by atoms with Crippen molar-refractivity contribution in [2.75, 3.05) is 13.1 Å². The Balaban J connectivity index is 1.56. The predicted octanol–water partition coefficient (Wildman–Crippen LogP) is 1.96. The summed E-state index contributed by atoms with van der Waals surface area (Å²) in [5.74, 6) is 1.51. The average molecular weight is 342 g/mol. The van der Waals surface area contributed by atoms with Gasteiger partial charge in [-0.15, -0.1) is 0 Å². The first-order valence-corrected chi connectivity index (χ1v) is 8.96. The lowest BCUT2D eigenvalue weighted by atomic mass is 9.93. The normalized spacial score (nSPS) is 20.4. The zero-order valence-electron chi connectivity index (χ0n) is 14.4. The van der Waals surface area contributed by atoms with Gasteiger partial charge in [0.25, 0.3) is 11.5 Å². The van der Waals surface area contributed by atoms with E-state index in [1.54, 1.807) is 13.0 Å². The molecule has 4 rings (SSSR count). The number of hydrogen-bond acceptors (Lipinski definition) is 5. The molecule has 2 aromatic heterocycles. The molecule has 3 heterocycles. The maximum atomic E-state index is 13.0. The molecule has 1 aliphatic carbocycles. The highest BCUT2D eigenvalue weighted by Crippen LogP contribution is 2.29. The Morgan fingerprint density at radius 3 is 3.00 bits per heavy atom. The summed E-state index contributed by atoms with van der Waals surface area (Å²) >= 11 is 0. The lowest BCUT2D eigenvalue weighted by molar-refractivity contribution is 0.0694. The quantitative estimate of drug-likeness (QED) is 0.901. The lowest BCUT2D eigenvalue weighted by Crippen LogP contribution is -2.40. The summed E-state index contributed by atoms with van der Waals surface area (Å²) in [7, 11) is 0. The molecule has 0 bridgehead atoms. The molecular weight excluding hydrogens is 320 g/mol. The number of rotatable bonds is 2. The molecular formula is C18H22N4O3. The van der Waals surface area contributed by atoms with Gasteiger partial charge in [0.05, 0.1) is 5.69 Å². The number of H-pyrrole nitrogens is 1. The number of likely N-dealkylation sites (tertiary alicyclic amines) is 1. The van der Waals surface area contributed by atoms with Gasteiger partial charge in [-0.05, 0) is 39.0 Å². The molecule has 1 aliphatic heterocycles. The van der Waals surface area contributed by atoms with E-state index in [9.17, 15) is 9.59 Å². The Hall–Kier alpha value is -2.44. The van der Waals surface area contributed by atoms with Crippen LogP contribution in [0.4, 0.5) is 0 Å². The largest absolute Gasteiger partial charge is 0.360 e. The maximum absolute atomic E-state index is 13.0. The van der Waals surface area contributed by atoms with Crippen LogP contribution in [0.3, 0.4) is 0 Å². The van der Waals surface area contributed by atoms with Crippen molar-refractivity contribution in [1.82, 2.24) is 20.0 Å². The summed E-state index contributed by atoms with van der Waals surface area (Å²) in [5, 5.41) is 4.06. The summed E-state index contributed by atoms with van der Waals surface area (Å²) in [6.07, 6.45) is 5.73. The Kier molecular flexibility index (Phi) is 4.15. The van der Waals surface area contributed by atoms with Crippen molar-refractivity contribution in [1.29, 1.82) is 0 Å². The number of piperidine rings is 1. The van der Waals surface area contributed by atoms with Crippen LogP contribution in [0, 0.1) is 6.92 Å². The van der Waals surface area contributed by atoms with Gasteiger partial charge in [-0.3, -0.25) is 9.59 Å². The van der Waals surface area contributed by atoms with Crippen molar-refractivity contribution >= 4 is 5.91 Å². The molecule has 7 nitrogen and oxygen atoms in total. The highest BCUT2D eigenvalue weighted by Gasteiger charge is 2.31. The summed E-state index contributed by atoms with van der Waals surface area (Å²) in [5.41, 5.74) is 2.09. The molecule has 1 fully saturated rings. The molecule has 2 aromatic rings. The van der Waals surface area contributed by atoms with Crippen molar-refractivity contribution < 1.29 is 9.32 Å². The third-order valence-corrected chi connectivity index (χ3v) is 5.16. The van der Waals surface area contributed by atoms with E-state index in [-0.39, 0.29) is 17.4 Å². The van der Waals surface area contributed by atoms with Gasteiger partial charge >= 0.3 is 0 Å². The number of fused-ring (bicyclic) bond motifs is 1. The van der Waals surface area contributed by atoms with E-state index in [0.29, 0.717) is 24.6 Å². The third-order valence-electron chi connectivity index (χ3n) is 5.16.